The third-order valence-corrected chi connectivity index (χ3v) is 12.7. The minimum Gasteiger partial charge on any atom is -0.465 e. The molecule has 0 saturated carbocycles. The minimum absolute atomic E-state index is 0.0365. The lowest BCUT2D eigenvalue weighted by Crippen LogP contribution is -2.43. The Hall–Kier alpha value is -12.8. The summed E-state index contributed by atoms with van der Waals surface area (Å²) in [5.41, 5.74) is 0.111. The lowest BCUT2D eigenvalue weighted by Gasteiger charge is -2.21. The van der Waals surface area contributed by atoms with E-state index in [0.717, 1.165) is 18.2 Å². The van der Waals surface area contributed by atoms with Crippen LogP contribution in [0.15, 0.2) is 74.4 Å². The third kappa shape index (κ3) is 57.4. The van der Waals surface area contributed by atoms with E-state index < -0.39 is 322 Å². The third-order valence-electron chi connectivity index (χ3n) is 12.7. The Labute approximate surface area is 748 Å². The Balaban J connectivity index is -0.000000370. The van der Waals surface area contributed by atoms with Gasteiger partial charge in [0.05, 0.1) is 78.2 Å². The van der Waals surface area contributed by atoms with Gasteiger partial charge in [0.1, 0.15) is 79.3 Å². The summed E-state index contributed by atoms with van der Waals surface area (Å²) < 4.78 is 392. The first-order chi connectivity index (χ1) is 61.2. The predicted molar refractivity (Wildman–Crippen MR) is 393 cm³/mol. The van der Waals surface area contributed by atoms with Crippen LogP contribution in [0.1, 0.15) is 101 Å². The first-order valence-corrected chi connectivity index (χ1v) is 36.6. The molecule has 0 N–H and O–H groups in total. The summed E-state index contributed by atoms with van der Waals surface area (Å²) in [7, 11) is 1.17. The van der Waals surface area contributed by atoms with Crippen LogP contribution in [0.25, 0.3) is 0 Å². The highest BCUT2D eigenvalue weighted by atomic mass is 19.3. The normalized spacial score (nSPS) is 11.6. The second-order valence-electron chi connectivity index (χ2n) is 25.5. The van der Waals surface area contributed by atoms with Gasteiger partial charge in [0.25, 0.3) is 0 Å². The van der Waals surface area contributed by atoms with Crippen molar-refractivity contribution in [2.75, 3.05) is 107 Å². The zero-order valence-electron chi connectivity index (χ0n) is 72.5. The number of ether oxygens (including phenoxy) is 18. The van der Waals surface area contributed by atoms with E-state index in [1.54, 1.807) is 0 Å². The predicted octanol–water partition coefficient (Wildman–Crippen LogP) is 10.1. The van der Waals surface area contributed by atoms with Crippen molar-refractivity contribution in [2.45, 2.75) is 184 Å². The SMILES string of the molecule is C=C(C)C(=O)OCCOC(=O)C(F)(F)CC(F)(F)C(=O)OC.C=C(C)C(=O)OCCOC(=O)C(F)(F)CC(F)(F)C(=O)OC(C)C.C=C(C)C(=O)OCCOC(=O)C(F)(F)CC(F)(F)C(=O)OCC.C=CC(=O)OCCOC(=O)C(F)(F)CC(F)(F)C(=O)OC.C=CC(=O)OCCOC(=O)C(F)(F)CC(F)(F)C(=O)OC(C)C.C=CC(=O)OCCOC(=O)C(F)(F)CC(F)(F)C(=O)OCC. The van der Waals surface area contributed by atoms with Crippen molar-refractivity contribution >= 4 is 107 Å². The highest BCUT2D eigenvalue weighted by Crippen LogP contribution is 2.39. The Morgan fingerprint density at radius 2 is 0.363 bits per heavy atom. The molecule has 0 aromatic carbocycles. The number of hydrogen-bond donors (Lipinski definition) is 0. The van der Waals surface area contributed by atoms with Gasteiger partial charge in [-0.25, -0.2) is 86.3 Å². The van der Waals surface area contributed by atoms with Crippen molar-refractivity contribution in [3.05, 3.63) is 74.4 Å². The van der Waals surface area contributed by atoms with Crippen molar-refractivity contribution in [2.24, 2.45) is 0 Å². The number of rotatable bonds is 52. The maximum Gasteiger partial charge on any atom is 0.377 e. The summed E-state index contributed by atoms with van der Waals surface area (Å²) in [4.78, 5) is 196. The van der Waals surface area contributed by atoms with E-state index in [1.807, 2.05) is 0 Å². The highest BCUT2D eigenvalue weighted by molar-refractivity contribution is 5.90. The van der Waals surface area contributed by atoms with Crippen LogP contribution in [0.3, 0.4) is 0 Å². The molecular weight excluding hydrogens is 1930 g/mol. The molecule has 0 aliphatic carbocycles. The summed E-state index contributed by atoms with van der Waals surface area (Å²) in [5, 5.41) is 0. The van der Waals surface area contributed by atoms with Crippen LogP contribution in [0, 0.1) is 0 Å². The molecule has 0 spiro atoms. The average molecular weight is 2020 g/mol. The van der Waals surface area contributed by atoms with Crippen molar-refractivity contribution < 1.29 is 277 Å². The fourth-order valence-corrected chi connectivity index (χ4v) is 6.73. The maximum atomic E-state index is 13.4. The van der Waals surface area contributed by atoms with E-state index in [2.05, 4.69) is 125 Å². The van der Waals surface area contributed by atoms with Gasteiger partial charge in [-0.2, -0.15) is 105 Å². The van der Waals surface area contributed by atoms with Crippen molar-refractivity contribution in [3.8, 4) is 0 Å². The molecule has 0 rings (SSSR count). The van der Waals surface area contributed by atoms with Crippen LogP contribution in [-0.4, -0.2) is 297 Å². The summed E-state index contributed by atoms with van der Waals surface area (Å²) in [5.74, 6) is -86.9. The van der Waals surface area contributed by atoms with E-state index in [9.17, 15) is 192 Å². The lowest BCUT2D eigenvalue weighted by molar-refractivity contribution is -0.199. The second-order valence-corrected chi connectivity index (χ2v) is 25.5. The van der Waals surface area contributed by atoms with Crippen LogP contribution in [-0.2, 0) is 172 Å². The van der Waals surface area contributed by atoms with E-state index in [4.69, 9.17) is 0 Å². The Kier molecular flexibility index (Phi) is 60.3. The fraction of sp³-hybridized carbons (Fsp3) is 0.600. The number of methoxy groups -OCH3 is 2. The maximum absolute atomic E-state index is 13.4. The number of carbonyl (C=O) groups is 18. The molecule has 0 aliphatic heterocycles. The first kappa shape index (κ1) is 133. The first-order valence-electron chi connectivity index (χ1n) is 36.6. The molecule has 0 radical (unpaired) electrons. The zero-order chi connectivity index (χ0) is 107. The standard InChI is InChI=1S/C14H18F4O6.2C13H16F4O6.2C12H14F4O6.C11H12F4O6/c1-8(2)10(19)22-5-6-23-11(20)13(15,16)7-14(17,18)12(21)24-9(3)4;1-4-21-10(19)12(14,15)7-13(16,17)11(20)23-6-5-22-9(18)8(2)3;1-4-9(18)21-5-6-22-10(19)12(14,15)7-13(16,17)11(20)23-8(2)3;1-7(2)8(17)21-4-5-22-10(19)12(15,16)6-11(13,14)9(18)20-3;1-3-8(17)21-5-6-22-10(19)12(15,16)7-11(13,14)9(18)20-4-2;1-3-7(16)20-4-5-21-9(18)11(14,15)6-10(12,13)8(17)19-2/h9H,1,5-7H2,2-4H3;2,4-7H2,1,3H3;4,8H,1,5-7H2,2-3H3;1,4-6H2,2-3H3;3H,1,4-7H2,2H3;3H,1,4-6H2,2H3. The summed E-state index contributed by atoms with van der Waals surface area (Å²) >= 11 is 0. The Morgan fingerprint density at radius 3 is 0.496 bits per heavy atom. The molecule has 0 unspecified atom stereocenters. The van der Waals surface area contributed by atoms with Gasteiger partial charge in [-0.1, -0.05) is 39.5 Å². The molecule has 0 saturated heterocycles. The average Bonchev–Trinajstić information content (AvgIpc) is 0.817. The quantitative estimate of drug-likeness (QED) is 0.0179. The summed E-state index contributed by atoms with van der Waals surface area (Å²) in [6.45, 7) is 21.6. The van der Waals surface area contributed by atoms with Gasteiger partial charge in [0.2, 0.25) is 0 Å². The van der Waals surface area contributed by atoms with Gasteiger partial charge in [0.15, 0.2) is 0 Å². The smallest absolute Gasteiger partial charge is 0.377 e. The Bertz CT molecular complexity index is 4050. The fourth-order valence-electron chi connectivity index (χ4n) is 6.73. The largest absolute Gasteiger partial charge is 0.465 e. The molecule has 0 amide bonds. The lowest BCUT2D eigenvalue weighted by atomic mass is 10.1. The number of carbonyl (C=O) groups excluding carboxylic acids is 18. The molecule has 135 heavy (non-hydrogen) atoms. The van der Waals surface area contributed by atoms with Gasteiger partial charge in [0, 0.05) is 34.9 Å². The van der Waals surface area contributed by atoms with Gasteiger partial charge in [-0.3, -0.25) is 0 Å². The molecule has 0 atom stereocenters. The van der Waals surface area contributed by atoms with Crippen LogP contribution in [0.2, 0.25) is 0 Å². The zero-order valence-corrected chi connectivity index (χ0v) is 72.5. The minimum atomic E-state index is -4.63. The van der Waals surface area contributed by atoms with E-state index in [1.165, 1.54) is 62.3 Å². The highest BCUT2D eigenvalue weighted by Gasteiger charge is 2.60. The van der Waals surface area contributed by atoms with Crippen molar-refractivity contribution in [1.82, 2.24) is 0 Å². The topological polar surface area (TPSA) is 473 Å². The number of hydrogen-bond acceptors (Lipinski definition) is 36. The number of esters is 18. The van der Waals surface area contributed by atoms with Gasteiger partial charge >= 0.3 is 179 Å². The number of halogens is 24. The molecule has 0 aromatic heterocycles. The summed E-state index contributed by atoms with van der Waals surface area (Å²) in [6, 6.07) is 0. The molecule has 0 heterocycles. The van der Waals surface area contributed by atoms with Gasteiger partial charge in [-0.05, 0) is 62.3 Å². The van der Waals surface area contributed by atoms with Crippen LogP contribution in [0.4, 0.5) is 105 Å². The molecule has 60 heteroatoms. The van der Waals surface area contributed by atoms with Crippen LogP contribution >= 0.6 is 0 Å². The monoisotopic (exact) mass is 2020 g/mol. The van der Waals surface area contributed by atoms with E-state index in [0.29, 0.717) is 14.2 Å². The van der Waals surface area contributed by atoms with E-state index >= 15 is 0 Å². The number of alkyl halides is 24. The molecular formula is C75H90F24O36. The van der Waals surface area contributed by atoms with Crippen molar-refractivity contribution in [1.29, 1.82) is 0 Å². The summed E-state index contributed by atoms with van der Waals surface area (Å²) in [6.07, 6.45) is -13.9. The second kappa shape index (κ2) is 61.2. The Morgan fingerprint density at radius 1 is 0.230 bits per heavy atom. The molecule has 0 aliphatic rings. The van der Waals surface area contributed by atoms with Crippen LogP contribution in [0.5, 0.6) is 0 Å². The van der Waals surface area contributed by atoms with E-state index in [-0.39, 0.29) is 16.7 Å². The van der Waals surface area contributed by atoms with Gasteiger partial charge in [-0.15, -0.1) is 0 Å². The van der Waals surface area contributed by atoms with Crippen molar-refractivity contribution in [3.63, 3.8) is 0 Å². The molecule has 774 valence electrons. The molecule has 36 nitrogen and oxygen atoms in total. The van der Waals surface area contributed by atoms with Gasteiger partial charge < -0.3 is 85.3 Å². The molecule has 0 fully saturated rings. The molecule has 0 bridgehead atoms. The molecule has 0 aromatic rings. The van der Waals surface area contributed by atoms with Crippen LogP contribution < -0.4 is 0 Å².